The molecule has 1 aromatic heterocycles. The molecule has 1 saturated heterocycles. The molecule has 1 atom stereocenters. The van der Waals surface area contributed by atoms with Crippen molar-refractivity contribution in [3.63, 3.8) is 0 Å². The van der Waals surface area contributed by atoms with E-state index >= 15 is 0 Å². The Morgan fingerprint density at radius 3 is 2.88 bits per heavy atom. The monoisotopic (exact) mass is 236 g/mol. The van der Waals surface area contributed by atoms with E-state index in [1.165, 1.54) is 0 Å². The van der Waals surface area contributed by atoms with Crippen molar-refractivity contribution in [2.45, 2.75) is 32.4 Å². The van der Waals surface area contributed by atoms with Crippen LogP contribution in [0.15, 0.2) is 12.5 Å². The number of hydrogen-bond donors (Lipinski definition) is 1. The third kappa shape index (κ3) is 2.49. The Balaban J connectivity index is 2.09. The van der Waals surface area contributed by atoms with Crippen molar-refractivity contribution < 1.29 is 4.79 Å². The average Bonchev–Trinajstić information content (AvgIpc) is 2.98. The molecule has 5 heteroatoms. The van der Waals surface area contributed by atoms with Gasteiger partial charge < -0.3 is 14.8 Å². The van der Waals surface area contributed by atoms with E-state index in [1.54, 1.807) is 6.33 Å². The van der Waals surface area contributed by atoms with E-state index in [1.807, 2.05) is 29.6 Å². The van der Waals surface area contributed by atoms with Gasteiger partial charge in [0.2, 0.25) is 5.91 Å². The minimum absolute atomic E-state index is 0.154. The zero-order valence-electron chi connectivity index (χ0n) is 10.5. The van der Waals surface area contributed by atoms with Gasteiger partial charge in [0.05, 0.1) is 12.0 Å². The topological polar surface area (TPSA) is 50.2 Å². The summed E-state index contributed by atoms with van der Waals surface area (Å²) in [5.41, 5.74) is 1.05. The first-order valence-electron chi connectivity index (χ1n) is 6.18. The van der Waals surface area contributed by atoms with Gasteiger partial charge in [-0.3, -0.25) is 4.79 Å². The summed E-state index contributed by atoms with van der Waals surface area (Å²) >= 11 is 0. The van der Waals surface area contributed by atoms with Crippen molar-refractivity contribution in [3.05, 3.63) is 18.2 Å². The third-order valence-electron chi connectivity index (χ3n) is 3.30. The molecule has 2 rings (SSSR count). The molecule has 0 aromatic carbocycles. The number of carbonyl (C=O) groups is 1. The minimum atomic E-state index is -0.154. The average molecular weight is 236 g/mol. The molecule has 1 aliphatic rings. The van der Waals surface area contributed by atoms with Gasteiger partial charge in [0.1, 0.15) is 6.04 Å². The maximum absolute atomic E-state index is 12.3. The van der Waals surface area contributed by atoms with Gasteiger partial charge in [-0.2, -0.15) is 0 Å². The Labute approximate surface area is 102 Å². The number of nitrogens with one attached hydrogen (secondary N) is 1. The number of nitrogens with zero attached hydrogens (tertiary/aromatic N) is 3. The molecule has 94 valence electrons. The van der Waals surface area contributed by atoms with Gasteiger partial charge in [-0.05, 0) is 26.8 Å². The standard InChI is InChI=1S/C12H20N4O/c1-10(12(17)15-5-3-4-6-15)16-9-14-8-11(16)7-13-2/h8-10,13H,3-7H2,1-2H3. The Bertz CT molecular complexity index is 382. The highest BCUT2D eigenvalue weighted by atomic mass is 16.2. The number of rotatable bonds is 4. The molecule has 1 fully saturated rings. The molecule has 0 spiro atoms. The smallest absolute Gasteiger partial charge is 0.245 e. The van der Waals surface area contributed by atoms with Crippen LogP contribution in [0.2, 0.25) is 0 Å². The molecule has 0 aliphatic carbocycles. The molecule has 1 unspecified atom stereocenters. The second-order valence-electron chi connectivity index (χ2n) is 4.53. The number of carbonyl (C=O) groups excluding carboxylic acids is 1. The van der Waals surface area contributed by atoms with E-state index in [-0.39, 0.29) is 11.9 Å². The summed E-state index contributed by atoms with van der Waals surface area (Å²) in [6.07, 6.45) is 5.81. The Morgan fingerprint density at radius 2 is 2.24 bits per heavy atom. The first-order chi connectivity index (χ1) is 8.24. The van der Waals surface area contributed by atoms with E-state index in [2.05, 4.69) is 10.3 Å². The van der Waals surface area contributed by atoms with Crippen LogP contribution >= 0.6 is 0 Å². The van der Waals surface area contributed by atoms with E-state index in [0.29, 0.717) is 0 Å². The lowest BCUT2D eigenvalue weighted by molar-refractivity contribution is -0.133. The first-order valence-corrected chi connectivity index (χ1v) is 6.18. The molecule has 0 saturated carbocycles. The van der Waals surface area contributed by atoms with Gasteiger partial charge in [-0.15, -0.1) is 0 Å². The SMILES string of the molecule is CNCc1cncn1C(C)C(=O)N1CCCC1. The van der Waals surface area contributed by atoms with Gasteiger partial charge in [-0.25, -0.2) is 4.98 Å². The minimum Gasteiger partial charge on any atom is -0.341 e. The molecule has 1 N–H and O–H groups in total. The van der Waals surface area contributed by atoms with Gasteiger partial charge in [0, 0.05) is 25.8 Å². The molecule has 5 nitrogen and oxygen atoms in total. The second kappa shape index (κ2) is 5.31. The van der Waals surface area contributed by atoms with Gasteiger partial charge in [0.25, 0.3) is 0 Å². The summed E-state index contributed by atoms with van der Waals surface area (Å²) in [5, 5.41) is 3.09. The van der Waals surface area contributed by atoms with Crippen molar-refractivity contribution >= 4 is 5.91 Å². The maximum atomic E-state index is 12.3. The van der Waals surface area contributed by atoms with E-state index in [4.69, 9.17) is 0 Å². The summed E-state index contributed by atoms with van der Waals surface area (Å²) in [4.78, 5) is 18.3. The summed E-state index contributed by atoms with van der Waals surface area (Å²) < 4.78 is 1.96. The fraction of sp³-hybridized carbons (Fsp3) is 0.667. The highest BCUT2D eigenvalue weighted by molar-refractivity contribution is 5.80. The fourth-order valence-corrected chi connectivity index (χ4v) is 2.32. The van der Waals surface area contributed by atoms with Crippen molar-refractivity contribution in [1.82, 2.24) is 19.8 Å². The summed E-state index contributed by atoms with van der Waals surface area (Å²) in [7, 11) is 1.89. The number of amides is 1. The normalized spacial score (nSPS) is 17.4. The zero-order valence-corrected chi connectivity index (χ0v) is 10.5. The highest BCUT2D eigenvalue weighted by Gasteiger charge is 2.25. The molecule has 2 heterocycles. The van der Waals surface area contributed by atoms with Gasteiger partial charge in [0.15, 0.2) is 0 Å². The Kier molecular flexibility index (Phi) is 3.78. The van der Waals surface area contributed by atoms with Gasteiger partial charge in [-0.1, -0.05) is 0 Å². The lowest BCUT2D eigenvalue weighted by Gasteiger charge is -2.22. The fourth-order valence-electron chi connectivity index (χ4n) is 2.32. The maximum Gasteiger partial charge on any atom is 0.245 e. The van der Waals surface area contributed by atoms with Crippen LogP contribution in [0.1, 0.15) is 31.5 Å². The predicted molar refractivity (Wildman–Crippen MR) is 65.5 cm³/mol. The number of aromatic nitrogens is 2. The lowest BCUT2D eigenvalue weighted by Crippen LogP contribution is -2.34. The van der Waals surface area contributed by atoms with Crippen molar-refractivity contribution in [2.24, 2.45) is 0 Å². The number of likely N-dealkylation sites (tertiary alicyclic amines) is 1. The largest absolute Gasteiger partial charge is 0.341 e. The van der Waals surface area contributed by atoms with Crippen LogP contribution in [0.25, 0.3) is 0 Å². The molecule has 17 heavy (non-hydrogen) atoms. The third-order valence-corrected chi connectivity index (χ3v) is 3.30. The van der Waals surface area contributed by atoms with E-state index < -0.39 is 0 Å². The van der Waals surface area contributed by atoms with Crippen LogP contribution in [0, 0.1) is 0 Å². The summed E-state index contributed by atoms with van der Waals surface area (Å²) in [6, 6.07) is -0.154. The highest BCUT2D eigenvalue weighted by Crippen LogP contribution is 2.17. The molecule has 1 amide bonds. The van der Waals surface area contributed by atoms with Crippen LogP contribution < -0.4 is 5.32 Å². The van der Waals surface area contributed by atoms with Crippen molar-refractivity contribution in [3.8, 4) is 0 Å². The van der Waals surface area contributed by atoms with Crippen LogP contribution in [-0.4, -0.2) is 40.5 Å². The second-order valence-corrected chi connectivity index (χ2v) is 4.53. The van der Waals surface area contributed by atoms with Crippen molar-refractivity contribution in [2.75, 3.05) is 20.1 Å². The quantitative estimate of drug-likeness (QED) is 0.840. The molecular weight excluding hydrogens is 216 g/mol. The Hall–Kier alpha value is -1.36. The van der Waals surface area contributed by atoms with Crippen LogP contribution in [0.5, 0.6) is 0 Å². The molecule has 1 aromatic rings. The molecule has 0 radical (unpaired) electrons. The van der Waals surface area contributed by atoms with Crippen LogP contribution in [0.3, 0.4) is 0 Å². The molecule has 0 bridgehead atoms. The number of hydrogen-bond acceptors (Lipinski definition) is 3. The van der Waals surface area contributed by atoms with Crippen LogP contribution in [-0.2, 0) is 11.3 Å². The Morgan fingerprint density at radius 1 is 1.53 bits per heavy atom. The first kappa shape index (κ1) is 12.1. The molecular formula is C12H20N4O. The van der Waals surface area contributed by atoms with Crippen molar-refractivity contribution in [1.29, 1.82) is 0 Å². The molecule has 1 aliphatic heterocycles. The summed E-state index contributed by atoms with van der Waals surface area (Å²) in [5.74, 6) is 0.206. The van der Waals surface area contributed by atoms with E-state index in [0.717, 1.165) is 38.2 Å². The summed E-state index contributed by atoms with van der Waals surface area (Å²) in [6.45, 7) is 4.48. The zero-order chi connectivity index (χ0) is 12.3. The van der Waals surface area contributed by atoms with Crippen LogP contribution in [0.4, 0.5) is 0 Å². The number of imidazole rings is 1. The van der Waals surface area contributed by atoms with Gasteiger partial charge >= 0.3 is 0 Å². The predicted octanol–water partition coefficient (Wildman–Crippen LogP) is 0.786. The van der Waals surface area contributed by atoms with E-state index in [9.17, 15) is 4.79 Å². The lowest BCUT2D eigenvalue weighted by atomic mass is 10.2.